The van der Waals surface area contributed by atoms with E-state index in [-0.39, 0.29) is 5.75 Å². The first-order valence-electron chi connectivity index (χ1n) is 4.26. The molecule has 0 aliphatic heterocycles. The van der Waals surface area contributed by atoms with Crippen LogP contribution in [-0.2, 0) is 10.3 Å². The Hall–Kier alpha value is -1.67. The van der Waals surface area contributed by atoms with E-state index in [4.69, 9.17) is 5.11 Å². The molecule has 0 spiro atoms. The third-order valence-electron chi connectivity index (χ3n) is 2.44. The van der Waals surface area contributed by atoms with Crippen LogP contribution in [0.25, 0.3) is 0 Å². The molecule has 4 heteroatoms. The number of phenolic OH excluding ortho intramolecular Hbond substituents is 1. The first kappa shape index (κ1) is 8.91. The van der Waals surface area contributed by atoms with Gasteiger partial charge in [0, 0.05) is 11.6 Å². The Morgan fingerprint density at radius 2 is 2.21 bits per heavy atom. The van der Waals surface area contributed by atoms with Crippen LogP contribution in [0, 0.1) is 5.82 Å². The third-order valence-corrected chi connectivity index (χ3v) is 2.44. The van der Waals surface area contributed by atoms with Crippen LogP contribution in [0.2, 0.25) is 0 Å². The number of aliphatic imine (C=N–C) groups is 1. The molecule has 0 radical (unpaired) electrons. The average Bonchev–Trinajstić information content (AvgIpc) is 2.86. The van der Waals surface area contributed by atoms with Gasteiger partial charge in [-0.3, -0.25) is 0 Å². The lowest BCUT2D eigenvalue weighted by Crippen LogP contribution is -2.04. The molecular weight excluding hydrogens is 185 g/mol. The normalized spacial score (nSPS) is 17.2. The van der Waals surface area contributed by atoms with Crippen molar-refractivity contribution < 1.29 is 14.3 Å². The summed E-state index contributed by atoms with van der Waals surface area (Å²) in [6.07, 6.45) is 2.77. The lowest BCUT2D eigenvalue weighted by atomic mass is 10.0. The van der Waals surface area contributed by atoms with E-state index in [0.29, 0.717) is 18.4 Å². The highest BCUT2D eigenvalue weighted by molar-refractivity contribution is 5.43. The summed E-state index contributed by atoms with van der Waals surface area (Å²) in [4.78, 5) is 13.7. The van der Waals surface area contributed by atoms with E-state index in [9.17, 15) is 9.18 Å². The van der Waals surface area contributed by atoms with Crippen LogP contribution < -0.4 is 0 Å². The van der Waals surface area contributed by atoms with Crippen molar-refractivity contribution in [1.82, 2.24) is 0 Å². The van der Waals surface area contributed by atoms with Gasteiger partial charge in [-0.1, -0.05) is 0 Å². The molecule has 1 fully saturated rings. The van der Waals surface area contributed by atoms with Crippen LogP contribution in [-0.4, -0.2) is 11.2 Å². The van der Waals surface area contributed by atoms with E-state index >= 15 is 0 Å². The van der Waals surface area contributed by atoms with Crippen LogP contribution in [0.1, 0.15) is 18.4 Å². The van der Waals surface area contributed by atoms with Crippen molar-refractivity contribution >= 4 is 6.08 Å². The Balaban J connectivity index is 2.47. The van der Waals surface area contributed by atoms with Gasteiger partial charge in [-0.05, 0) is 25.0 Å². The Kier molecular flexibility index (Phi) is 1.86. The van der Waals surface area contributed by atoms with E-state index in [2.05, 4.69) is 4.99 Å². The molecule has 0 heterocycles. The summed E-state index contributed by atoms with van der Waals surface area (Å²) in [6.45, 7) is 0. The first-order chi connectivity index (χ1) is 6.68. The van der Waals surface area contributed by atoms with Crippen molar-refractivity contribution in [3.05, 3.63) is 29.6 Å². The molecule has 1 saturated carbocycles. The zero-order valence-electron chi connectivity index (χ0n) is 7.33. The van der Waals surface area contributed by atoms with Gasteiger partial charge in [0.15, 0.2) is 0 Å². The summed E-state index contributed by atoms with van der Waals surface area (Å²) in [7, 11) is 0. The number of aromatic hydroxyl groups is 1. The zero-order valence-corrected chi connectivity index (χ0v) is 7.33. The molecule has 0 atom stereocenters. The Morgan fingerprint density at radius 3 is 2.71 bits per heavy atom. The summed E-state index contributed by atoms with van der Waals surface area (Å²) in [5.41, 5.74) is -0.349. The minimum atomic E-state index is -0.709. The minimum absolute atomic E-state index is 0.128. The number of hydrogen-bond acceptors (Lipinski definition) is 3. The number of hydrogen-bond donors (Lipinski definition) is 1. The standard InChI is InChI=1S/C10H8FNO2/c11-9-5-7(14)1-2-8(9)10(3-4-10)12-6-13/h1-2,5,14H,3-4H2. The van der Waals surface area contributed by atoms with Gasteiger partial charge in [0.05, 0.1) is 0 Å². The quantitative estimate of drug-likeness (QED) is 0.575. The largest absolute Gasteiger partial charge is 0.508 e. The fourth-order valence-electron chi connectivity index (χ4n) is 1.53. The van der Waals surface area contributed by atoms with Gasteiger partial charge in [0.2, 0.25) is 6.08 Å². The first-order valence-corrected chi connectivity index (χ1v) is 4.26. The molecule has 1 aromatic rings. The van der Waals surface area contributed by atoms with Crippen LogP contribution >= 0.6 is 0 Å². The maximum atomic E-state index is 13.4. The van der Waals surface area contributed by atoms with E-state index in [1.165, 1.54) is 18.2 Å². The van der Waals surface area contributed by atoms with Crippen LogP contribution in [0.15, 0.2) is 23.2 Å². The van der Waals surface area contributed by atoms with Gasteiger partial charge in [0.1, 0.15) is 17.1 Å². The molecule has 0 saturated heterocycles. The Bertz CT molecular complexity index is 420. The highest BCUT2D eigenvalue weighted by atomic mass is 19.1. The van der Waals surface area contributed by atoms with Gasteiger partial charge in [-0.25, -0.2) is 9.18 Å². The van der Waals surface area contributed by atoms with E-state index in [1.807, 2.05) is 0 Å². The molecule has 0 bridgehead atoms. The van der Waals surface area contributed by atoms with E-state index in [0.717, 1.165) is 6.07 Å². The second kappa shape index (κ2) is 2.93. The summed E-state index contributed by atoms with van der Waals surface area (Å²) in [5.74, 6) is -0.654. The molecule has 72 valence electrons. The van der Waals surface area contributed by atoms with Crippen molar-refractivity contribution in [3.63, 3.8) is 0 Å². The second-order valence-electron chi connectivity index (χ2n) is 3.40. The predicted octanol–water partition coefficient (Wildman–Crippen LogP) is 1.86. The monoisotopic (exact) mass is 193 g/mol. The molecule has 14 heavy (non-hydrogen) atoms. The third kappa shape index (κ3) is 1.30. The molecule has 0 unspecified atom stereocenters. The van der Waals surface area contributed by atoms with E-state index < -0.39 is 11.4 Å². The van der Waals surface area contributed by atoms with Gasteiger partial charge < -0.3 is 5.11 Å². The number of rotatable bonds is 2. The lowest BCUT2D eigenvalue weighted by molar-refractivity contribution is 0.466. The van der Waals surface area contributed by atoms with Crippen molar-refractivity contribution in [1.29, 1.82) is 0 Å². The number of carbonyl (C=O) groups excluding carboxylic acids is 1. The Labute approximate surface area is 79.9 Å². The highest BCUT2D eigenvalue weighted by Gasteiger charge is 2.46. The van der Waals surface area contributed by atoms with Crippen molar-refractivity contribution in [3.8, 4) is 5.75 Å². The maximum Gasteiger partial charge on any atom is 0.235 e. The summed E-state index contributed by atoms with van der Waals surface area (Å²) < 4.78 is 13.4. The van der Waals surface area contributed by atoms with Crippen molar-refractivity contribution in [2.24, 2.45) is 4.99 Å². The molecule has 0 amide bonds. The smallest absolute Gasteiger partial charge is 0.235 e. The molecule has 2 rings (SSSR count). The molecule has 3 nitrogen and oxygen atoms in total. The van der Waals surface area contributed by atoms with E-state index in [1.54, 1.807) is 0 Å². The number of benzene rings is 1. The average molecular weight is 193 g/mol. The zero-order chi connectivity index (χ0) is 10.2. The van der Waals surface area contributed by atoms with Crippen molar-refractivity contribution in [2.45, 2.75) is 18.4 Å². The van der Waals surface area contributed by atoms with Gasteiger partial charge in [0.25, 0.3) is 0 Å². The Morgan fingerprint density at radius 1 is 1.50 bits per heavy atom. The summed E-state index contributed by atoms with van der Waals surface area (Å²) >= 11 is 0. The van der Waals surface area contributed by atoms with Crippen LogP contribution in [0.5, 0.6) is 5.75 Å². The minimum Gasteiger partial charge on any atom is -0.508 e. The summed E-state index contributed by atoms with van der Waals surface area (Å²) in [5, 5.41) is 9.01. The fraction of sp³-hybridized carbons (Fsp3) is 0.300. The molecule has 1 aliphatic rings. The molecule has 1 N–H and O–H groups in total. The number of isocyanates is 1. The second-order valence-corrected chi connectivity index (χ2v) is 3.40. The molecule has 0 aromatic heterocycles. The summed E-state index contributed by atoms with van der Waals surface area (Å²) in [6, 6.07) is 3.87. The molecular formula is C10H8FNO2. The predicted molar refractivity (Wildman–Crippen MR) is 47.1 cm³/mol. The highest BCUT2D eigenvalue weighted by Crippen LogP contribution is 2.50. The van der Waals surface area contributed by atoms with Gasteiger partial charge >= 0.3 is 0 Å². The number of nitrogens with zero attached hydrogens (tertiary/aromatic N) is 1. The fourth-order valence-corrected chi connectivity index (χ4v) is 1.53. The molecule has 1 aliphatic carbocycles. The number of halogens is 1. The topological polar surface area (TPSA) is 49.7 Å². The maximum absolute atomic E-state index is 13.4. The van der Waals surface area contributed by atoms with Gasteiger partial charge in [-0.15, -0.1) is 0 Å². The molecule has 1 aromatic carbocycles. The van der Waals surface area contributed by atoms with Crippen molar-refractivity contribution in [2.75, 3.05) is 0 Å². The SMILES string of the molecule is O=C=NC1(c2ccc(O)cc2F)CC1. The lowest BCUT2D eigenvalue weighted by Gasteiger charge is -2.08. The van der Waals surface area contributed by atoms with Gasteiger partial charge in [-0.2, -0.15) is 4.99 Å². The van der Waals surface area contributed by atoms with Crippen LogP contribution in [0.3, 0.4) is 0 Å². The number of phenols is 1. The van der Waals surface area contributed by atoms with Crippen LogP contribution in [0.4, 0.5) is 4.39 Å².